The lowest BCUT2D eigenvalue weighted by Gasteiger charge is -2.31. The van der Waals surface area contributed by atoms with Crippen molar-refractivity contribution in [1.82, 2.24) is 29.4 Å². The molecule has 0 spiro atoms. The number of nitrogens with zero attached hydrogens (tertiary/aromatic N) is 7. The highest BCUT2D eigenvalue weighted by molar-refractivity contribution is 5.88. The normalized spacial score (nSPS) is 14.2. The van der Waals surface area contributed by atoms with Crippen molar-refractivity contribution in [2.75, 3.05) is 13.1 Å². The summed E-state index contributed by atoms with van der Waals surface area (Å²) < 4.78 is 27.3. The number of carboxylic acids is 1. The van der Waals surface area contributed by atoms with Crippen molar-refractivity contribution < 1.29 is 23.4 Å². The van der Waals surface area contributed by atoms with Gasteiger partial charge in [-0.15, -0.1) is 0 Å². The van der Waals surface area contributed by atoms with Crippen LogP contribution in [0.1, 0.15) is 57.7 Å². The molecule has 1 aromatic carbocycles. The van der Waals surface area contributed by atoms with Gasteiger partial charge in [-0.2, -0.15) is 5.26 Å². The number of nitriles is 1. The topological polar surface area (TPSA) is 143 Å². The summed E-state index contributed by atoms with van der Waals surface area (Å²) in [4.78, 5) is 31.6. The molecule has 0 saturated carbocycles. The maximum atomic E-state index is 14.2. The first-order valence-corrected chi connectivity index (χ1v) is 13.4. The van der Waals surface area contributed by atoms with Gasteiger partial charge in [0.15, 0.2) is 17.7 Å². The molecule has 212 valence electrons. The van der Waals surface area contributed by atoms with Crippen LogP contribution in [0, 0.1) is 17.1 Å². The number of imidazole rings is 1. The molecular weight excluding hydrogens is 541 g/mol. The number of aromatic nitrogens is 5. The number of hydrogen-bond donors (Lipinski definition) is 1. The summed E-state index contributed by atoms with van der Waals surface area (Å²) in [5.41, 5.74) is 2.60. The van der Waals surface area contributed by atoms with Crippen LogP contribution in [0.15, 0.2) is 65.5 Å². The molecule has 0 unspecified atom stereocenters. The molecule has 0 bridgehead atoms. The molecule has 11 nitrogen and oxygen atoms in total. The summed E-state index contributed by atoms with van der Waals surface area (Å²) in [7, 11) is 0. The van der Waals surface area contributed by atoms with Gasteiger partial charge in [0.2, 0.25) is 5.88 Å². The van der Waals surface area contributed by atoms with E-state index in [2.05, 4.69) is 19.9 Å². The number of oxazole rings is 1. The SMILES string of the molecule is N#Cc1ccc(COc2cccc(C3CCN(Cc4nc5ccc(C(=O)O)nc5n4Cc4cnco4)CC3)n2)c(F)c1. The van der Waals surface area contributed by atoms with Gasteiger partial charge in [0.05, 0.1) is 30.9 Å². The van der Waals surface area contributed by atoms with Gasteiger partial charge in [-0.05, 0) is 56.3 Å². The molecule has 6 rings (SSSR count). The van der Waals surface area contributed by atoms with Crippen molar-refractivity contribution in [2.24, 2.45) is 0 Å². The maximum absolute atomic E-state index is 14.2. The number of pyridine rings is 2. The highest BCUT2D eigenvalue weighted by Crippen LogP contribution is 2.29. The van der Waals surface area contributed by atoms with Crippen LogP contribution >= 0.6 is 0 Å². The van der Waals surface area contributed by atoms with Crippen LogP contribution in [0.25, 0.3) is 11.2 Å². The second-order valence-electron chi connectivity index (χ2n) is 10.1. The number of benzene rings is 1. The van der Waals surface area contributed by atoms with E-state index in [0.717, 1.165) is 37.4 Å². The fraction of sp³-hybridized carbons (Fsp3) is 0.267. The van der Waals surface area contributed by atoms with Crippen LogP contribution in [0.4, 0.5) is 4.39 Å². The van der Waals surface area contributed by atoms with Crippen LogP contribution in [-0.2, 0) is 19.7 Å². The minimum atomic E-state index is -1.10. The molecule has 4 aromatic heterocycles. The first kappa shape index (κ1) is 27.0. The van der Waals surface area contributed by atoms with E-state index in [0.29, 0.717) is 41.5 Å². The van der Waals surface area contributed by atoms with Gasteiger partial charge < -0.3 is 18.8 Å². The lowest BCUT2D eigenvalue weighted by atomic mass is 9.93. The molecule has 0 amide bonds. The molecule has 5 aromatic rings. The molecule has 0 atom stereocenters. The Hall–Kier alpha value is -5.15. The number of ether oxygens (including phenoxy) is 1. The van der Waals surface area contributed by atoms with Crippen LogP contribution < -0.4 is 4.74 Å². The van der Waals surface area contributed by atoms with E-state index in [4.69, 9.17) is 19.4 Å². The number of hydrogen-bond acceptors (Lipinski definition) is 9. The molecule has 1 fully saturated rings. The smallest absolute Gasteiger partial charge is 0.354 e. The zero-order valence-electron chi connectivity index (χ0n) is 22.5. The first-order valence-electron chi connectivity index (χ1n) is 13.4. The molecule has 42 heavy (non-hydrogen) atoms. The first-order chi connectivity index (χ1) is 20.5. The summed E-state index contributed by atoms with van der Waals surface area (Å²) in [6.07, 6.45) is 4.73. The van der Waals surface area contributed by atoms with E-state index in [-0.39, 0.29) is 23.8 Å². The second-order valence-corrected chi connectivity index (χ2v) is 10.1. The van der Waals surface area contributed by atoms with Gasteiger partial charge in [-0.25, -0.2) is 29.1 Å². The van der Waals surface area contributed by atoms with Crippen molar-refractivity contribution >= 4 is 17.1 Å². The summed E-state index contributed by atoms with van der Waals surface area (Å²) in [5.74, 6) is 0.463. The number of aromatic carboxylic acids is 1. The van der Waals surface area contributed by atoms with Crippen molar-refractivity contribution in [3.05, 3.63) is 101 Å². The number of piperidine rings is 1. The molecule has 5 heterocycles. The number of rotatable bonds is 9. The van der Waals surface area contributed by atoms with Crippen molar-refractivity contribution in [3.63, 3.8) is 0 Å². The number of halogens is 1. The van der Waals surface area contributed by atoms with E-state index in [1.54, 1.807) is 30.5 Å². The Balaban J connectivity index is 1.12. The fourth-order valence-electron chi connectivity index (χ4n) is 5.14. The Morgan fingerprint density at radius 3 is 2.71 bits per heavy atom. The Bertz CT molecular complexity index is 1770. The predicted octanol–water partition coefficient (Wildman–Crippen LogP) is 4.53. The van der Waals surface area contributed by atoms with Crippen LogP contribution in [0.5, 0.6) is 5.88 Å². The quantitative estimate of drug-likeness (QED) is 0.270. The van der Waals surface area contributed by atoms with Crippen LogP contribution in [0.3, 0.4) is 0 Å². The van der Waals surface area contributed by atoms with Gasteiger partial charge in [0.25, 0.3) is 0 Å². The fourth-order valence-corrected chi connectivity index (χ4v) is 5.14. The van der Waals surface area contributed by atoms with E-state index in [1.165, 1.54) is 18.5 Å². The maximum Gasteiger partial charge on any atom is 0.354 e. The second kappa shape index (κ2) is 11.8. The summed E-state index contributed by atoms with van der Waals surface area (Å²) in [6.45, 7) is 2.54. The number of carbonyl (C=O) groups is 1. The van der Waals surface area contributed by atoms with Crippen LogP contribution in [-0.4, -0.2) is 53.6 Å². The Labute approximate surface area is 239 Å². The molecule has 1 aliphatic rings. The van der Waals surface area contributed by atoms with E-state index < -0.39 is 11.8 Å². The van der Waals surface area contributed by atoms with E-state index in [1.807, 2.05) is 22.8 Å². The Morgan fingerprint density at radius 2 is 1.98 bits per heavy atom. The van der Waals surface area contributed by atoms with Gasteiger partial charge in [-0.1, -0.05) is 12.1 Å². The minimum absolute atomic E-state index is 0.0182. The molecule has 0 radical (unpaired) electrons. The van der Waals surface area contributed by atoms with Gasteiger partial charge in [0, 0.05) is 23.2 Å². The zero-order chi connectivity index (χ0) is 29.1. The van der Waals surface area contributed by atoms with Gasteiger partial charge >= 0.3 is 5.97 Å². The third-order valence-corrected chi connectivity index (χ3v) is 7.36. The third-order valence-electron chi connectivity index (χ3n) is 7.36. The van der Waals surface area contributed by atoms with Gasteiger partial charge in [0.1, 0.15) is 29.5 Å². The summed E-state index contributed by atoms with van der Waals surface area (Å²) >= 11 is 0. The zero-order valence-corrected chi connectivity index (χ0v) is 22.5. The van der Waals surface area contributed by atoms with E-state index >= 15 is 0 Å². The summed E-state index contributed by atoms with van der Waals surface area (Å²) in [6, 6.07) is 15.0. The van der Waals surface area contributed by atoms with E-state index in [9.17, 15) is 14.3 Å². The summed E-state index contributed by atoms with van der Waals surface area (Å²) in [5, 5.41) is 18.4. The Kier molecular flexibility index (Phi) is 7.57. The predicted molar refractivity (Wildman–Crippen MR) is 147 cm³/mol. The van der Waals surface area contributed by atoms with Crippen molar-refractivity contribution in [2.45, 2.75) is 38.5 Å². The average molecular weight is 568 g/mol. The number of likely N-dealkylation sites (tertiary alicyclic amines) is 1. The minimum Gasteiger partial charge on any atom is -0.477 e. The molecule has 1 aliphatic heterocycles. The lowest BCUT2D eigenvalue weighted by Crippen LogP contribution is -2.33. The molecular formula is C30H26FN7O4. The highest BCUT2D eigenvalue weighted by Gasteiger charge is 2.25. The highest BCUT2D eigenvalue weighted by atomic mass is 19.1. The van der Waals surface area contributed by atoms with Gasteiger partial charge in [-0.3, -0.25) is 4.90 Å². The molecule has 12 heteroatoms. The van der Waals surface area contributed by atoms with Crippen molar-refractivity contribution in [3.8, 4) is 11.9 Å². The monoisotopic (exact) mass is 567 g/mol. The number of carboxylic acid groups (broad SMARTS) is 1. The third kappa shape index (κ3) is 5.82. The van der Waals surface area contributed by atoms with Crippen molar-refractivity contribution in [1.29, 1.82) is 5.26 Å². The van der Waals surface area contributed by atoms with Crippen LogP contribution in [0.2, 0.25) is 0 Å². The standard InChI is InChI=1S/C30H26FN7O4/c31-23-12-19(13-32)4-5-21(23)17-41-28-3-1-2-24(35-28)20-8-10-37(11-9-20)16-27-34-25-6-7-26(30(39)40)36-29(25)38(27)15-22-14-33-18-42-22/h1-7,12,14,18,20H,8-11,15-17H2,(H,39,40). The largest absolute Gasteiger partial charge is 0.477 e. The lowest BCUT2D eigenvalue weighted by molar-refractivity contribution is 0.0691. The number of fused-ring (bicyclic) bond motifs is 1. The Morgan fingerprint density at radius 1 is 1.12 bits per heavy atom. The molecule has 0 aliphatic carbocycles. The molecule has 1 N–H and O–H groups in total. The molecule has 1 saturated heterocycles. The average Bonchev–Trinajstić information content (AvgIpc) is 3.65.